The third-order valence-corrected chi connectivity index (χ3v) is 5.90. The molecule has 0 unspecified atom stereocenters. The lowest BCUT2D eigenvalue weighted by Gasteiger charge is -2.22. The van der Waals surface area contributed by atoms with Crippen molar-refractivity contribution in [3.05, 3.63) is 59.0 Å². The number of thioether (sulfide) groups is 1. The predicted octanol–water partition coefficient (Wildman–Crippen LogP) is 4.58. The highest BCUT2D eigenvalue weighted by Crippen LogP contribution is 2.39. The van der Waals surface area contributed by atoms with Crippen molar-refractivity contribution < 1.29 is 14.3 Å². The molecule has 0 saturated carbocycles. The minimum Gasteiger partial charge on any atom is -0.497 e. The molecular formula is C23H26N2O3S. The second kappa shape index (κ2) is 9.18. The van der Waals surface area contributed by atoms with Crippen LogP contribution in [-0.2, 0) is 9.59 Å². The van der Waals surface area contributed by atoms with Gasteiger partial charge in [-0.1, -0.05) is 19.1 Å². The highest BCUT2D eigenvalue weighted by Gasteiger charge is 2.39. The number of methoxy groups -OCH3 is 1. The summed E-state index contributed by atoms with van der Waals surface area (Å²) in [5.41, 5.74) is 2.85. The lowest BCUT2D eigenvalue weighted by atomic mass is 10.1. The predicted molar refractivity (Wildman–Crippen MR) is 121 cm³/mol. The molecule has 1 heterocycles. The van der Waals surface area contributed by atoms with Crippen LogP contribution in [0.15, 0.2) is 53.4 Å². The molecule has 0 aliphatic carbocycles. The summed E-state index contributed by atoms with van der Waals surface area (Å²) in [5.74, 6) is 0.873. The van der Waals surface area contributed by atoms with Crippen LogP contribution >= 0.6 is 11.8 Å². The molecule has 29 heavy (non-hydrogen) atoms. The molecular weight excluding hydrogens is 384 g/mol. The Morgan fingerprint density at radius 1 is 0.897 bits per heavy atom. The summed E-state index contributed by atoms with van der Waals surface area (Å²) in [4.78, 5) is 30.4. The van der Waals surface area contributed by atoms with Gasteiger partial charge in [-0.05, 0) is 61.6 Å². The summed E-state index contributed by atoms with van der Waals surface area (Å²) in [5, 5.41) is 0. The van der Waals surface area contributed by atoms with Crippen molar-refractivity contribution in [1.29, 1.82) is 0 Å². The van der Waals surface area contributed by atoms with Crippen molar-refractivity contribution in [3.8, 4) is 5.75 Å². The van der Waals surface area contributed by atoms with Crippen LogP contribution in [0.25, 0.3) is 5.57 Å². The number of rotatable bonds is 8. The second-order valence-corrected chi connectivity index (χ2v) is 7.77. The average Bonchev–Trinajstić information content (AvgIpc) is 2.99. The lowest BCUT2D eigenvalue weighted by Crippen LogP contribution is -2.31. The Hall–Kier alpha value is -2.73. The molecule has 0 bridgehead atoms. The summed E-state index contributed by atoms with van der Waals surface area (Å²) >= 11 is 1.41. The van der Waals surface area contributed by atoms with Gasteiger partial charge in [-0.2, -0.15) is 0 Å². The van der Waals surface area contributed by atoms with E-state index in [0.717, 1.165) is 24.3 Å². The number of carbonyl (C=O) groups is 2. The van der Waals surface area contributed by atoms with Crippen LogP contribution < -0.4 is 14.5 Å². The molecule has 6 heteroatoms. The van der Waals surface area contributed by atoms with Crippen molar-refractivity contribution in [3.63, 3.8) is 0 Å². The van der Waals surface area contributed by atoms with Crippen LogP contribution in [0.2, 0.25) is 0 Å². The first-order valence-corrected chi connectivity index (χ1v) is 10.8. The number of imide groups is 1. The van der Waals surface area contributed by atoms with E-state index >= 15 is 0 Å². The molecule has 3 rings (SSSR count). The monoisotopic (exact) mass is 410 g/mol. The lowest BCUT2D eigenvalue weighted by molar-refractivity contribution is -0.119. The largest absolute Gasteiger partial charge is 0.497 e. The molecule has 152 valence electrons. The Bertz CT molecular complexity index is 916. The van der Waals surface area contributed by atoms with Gasteiger partial charge in [-0.3, -0.25) is 9.59 Å². The summed E-state index contributed by atoms with van der Waals surface area (Å²) < 4.78 is 5.21. The molecule has 0 radical (unpaired) electrons. The van der Waals surface area contributed by atoms with E-state index < -0.39 is 0 Å². The Morgan fingerprint density at radius 2 is 1.52 bits per heavy atom. The van der Waals surface area contributed by atoms with E-state index in [1.165, 1.54) is 16.7 Å². The standard InChI is InChI=1S/C23H26N2O3S/c1-5-24(6-2)17-10-12-18(13-11-17)25-22(26)20(21(23(25)27)29-7-3)16-8-14-19(28-4)15-9-16/h8-15H,5-7H2,1-4H3. The molecule has 0 atom stereocenters. The number of anilines is 2. The molecule has 0 N–H and O–H groups in total. The molecule has 2 aromatic rings. The smallest absolute Gasteiger partial charge is 0.272 e. The van der Waals surface area contributed by atoms with Crippen molar-refractivity contribution in [2.45, 2.75) is 20.8 Å². The van der Waals surface area contributed by atoms with Gasteiger partial charge < -0.3 is 9.64 Å². The number of hydrogen-bond acceptors (Lipinski definition) is 5. The van der Waals surface area contributed by atoms with Crippen molar-refractivity contribution in [2.24, 2.45) is 0 Å². The van der Waals surface area contributed by atoms with Crippen molar-refractivity contribution >= 4 is 40.5 Å². The van der Waals surface area contributed by atoms with Gasteiger partial charge in [0.15, 0.2) is 0 Å². The first kappa shape index (κ1) is 21.0. The number of carbonyl (C=O) groups excluding carboxylic acids is 2. The van der Waals surface area contributed by atoms with Crippen LogP contribution in [0.4, 0.5) is 11.4 Å². The number of amides is 2. The number of hydrogen-bond donors (Lipinski definition) is 0. The minimum absolute atomic E-state index is 0.261. The van der Waals surface area contributed by atoms with E-state index in [0.29, 0.717) is 27.7 Å². The van der Waals surface area contributed by atoms with Gasteiger partial charge in [0.25, 0.3) is 11.8 Å². The van der Waals surface area contributed by atoms with E-state index in [9.17, 15) is 9.59 Å². The number of nitrogens with zero attached hydrogens (tertiary/aromatic N) is 2. The normalized spacial score (nSPS) is 14.0. The zero-order valence-electron chi connectivity index (χ0n) is 17.3. The van der Waals surface area contributed by atoms with Gasteiger partial charge in [0.1, 0.15) is 5.75 Å². The Morgan fingerprint density at radius 3 is 2.03 bits per heavy atom. The first-order valence-electron chi connectivity index (χ1n) is 9.80. The molecule has 0 saturated heterocycles. The number of ether oxygens (including phenoxy) is 1. The van der Waals surface area contributed by atoms with Gasteiger partial charge in [-0.15, -0.1) is 11.8 Å². The zero-order valence-corrected chi connectivity index (χ0v) is 18.1. The average molecular weight is 411 g/mol. The van der Waals surface area contributed by atoms with Crippen LogP contribution in [0.3, 0.4) is 0 Å². The van der Waals surface area contributed by atoms with Crippen molar-refractivity contribution in [2.75, 3.05) is 35.8 Å². The molecule has 2 aromatic carbocycles. The molecule has 0 aromatic heterocycles. The first-order chi connectivity index (χ1) is 14.0. The third-order valence-electron chi connectivity index (χ3n) is 4.95. The zero-order chi connectivity index (χ0) is 21.0. The van der Waals surface area contributed by atoms with Crippen LogP contribution in [0.5, 0.6) is 5.75 Å². The minimum atomic E-state index is -0.285. The fourth-order valence-electron chi connectivity index (χ4n) is 3.44. The second-order valence-electron chi connectivity index (χ2n) is 6.50. The van der Waals surface area contributed by atoms with E-state index in [2.05, 4.69) is 18.7 Å². The highest BCUT2D eigenvalue weighted by molar-refractivity contribution is 8.04. The van der Waals surface area contributed by atoms with Gasteiger partial charge >= 0.3 is 0 Å². The molecule has 0 fully saturated rings. The molecule has 5 nitrogen and oxygen atoms in total. The van der Waals surface area contributed by atoms with E-state index in [1.54, 1.807) is 19.2 Å². The molecule has 2 amide bonds. The number of benzene rings is 2. The molecule has 1 aliphatic heterocycles. The fourth-order valence-corrected chi connectivity index (χ4v) is 4.29. The SMILES string of the molecule is CCSC1=C(c2ccc(OC)cc2)C(=O)N(c2ccc(N(CC)CC)cc2)C1=O. The van der Waals surface area contributed by atoms with Crippen LogP contribution in [0.1, 0.15) is 26.3 Å². The summed E-state index contributed by atoms with van der Waals surface area (Å²) in [6.45, 7) is 7.98. The maximum Gasteiger partial charge on any atom is 0.272 e. The van der Waals surface area contributed by atoms with E-state index in [-0.39, 0.29) is 11.8 Å². The maximum absolute atomic E-state index is 13.3. The molecule has 1 aliphatic rings. The summed E-state index contributed by atoms with van der Waals surface area (Å²) in [7, 11) is 1.60. The van der Waals surface area contributed by atoms with E-state index in [4.69, 9.17) is 4.74 Å². The summed E-state index contributed by atoms with van der Waals surface area (Å²) in [6.07, 6.45) is 0. The molecule has 0 spiro atoms. The van der Waals surface area contributed by atoms with Crippen LogP contribution in [-0.4, -0.2) is 37.8 Å². The van der Waals surface area contributed by atoms with Gasteiger partial charge in [0, 0.05) is 18.8 Å². The van der Waals surface area contributed by atoms with Gasteiger partial charge in [0.05, 0.1) is 23.3 Å². The maximum atomic E-state index is 13.3. The Labute approximate surface area is 176 Å². The highest BCUT2D eigenvalue weighted by atomic mass is 32.2. The van der Waals surface area contributed by atoms with Crippen LogP contribution in [0, 0.1) is 0 Å². The quantitative estimate of drug-likeness (QED) is 0.596. The fraction of sp³-hybridized carbons (Fsp3) is 0.304. The topological polar surface area (TPSA) is 49.9 Å². The van der Waals surface area contributed by atoms with Crippen molar-refractivity contribution in [1.82, 2.24) is 0 Å². The Balaban J connectivity index is 1.97. The Kier molecular flexibility index (Phi) is 6.64. The van der Waals surface area contributed by atoms with Gasteiger partial charge in [-0.25, -0.2) is 4.90 Å². The third kappa shape index (κ3) is 4.03. The van der Waals surface area contributed by atoms with E-state index in [1.807, 2.05) is 43.3 Å². The summed E-state index contributed by atoms with van der Waals surface area (Å²) in [6, 6.07) is 14.8. The van der Waals surface area contributed by atoms with Gasteiger partial charge in [0.2, 0.25) is 0 Å².